The van der Waals surface area contributed by atoms with Gasteiger partial charge in [-0.1, -0.05) is 20.8 Å². The maximum atomic E-state index is 2.54. The van der Waals surface area contributed by atoms with Crippen LogP contribution in [0.2, 0.25) is 0 Å². The van der Waals surface area contributed by atoms with Crippen molar-refractivity contribution in [2.45, 2.75) is 46.5 Å². The third-order valence-electron chi connectivity index (χ3n) is 5.49. The predicted molar refractivity (Wildman–Crippen MR) is 46.3 cm³/mol. The summed E-state index contributed by atoms with van der Waals surface area (Å²) in [5.74, 6) is 1.11. The molecule has 0 aliphatic heterocycles. The molecule has 3 aliphatic carbocycles. The van der Waals surface area contributed by atoms with Gasteiger partial charge in [0.2, 0.25) is 0 Å². The van der Waals surface area contributed by atoms with E-state index in [9.17, 15) is 0 Å². The molecule has 0 saturated heterocycles. The molecule has 3 fully saturated rings. The van der Waals surface area contributed by atoms with Gasteiger partial charge in [0.1, 0.15) is 0 Å². The largest absolute Gasteiger partial charge is 0.0593 e. The molecule has 0 aromatic heterocycles. The fraction of sp³-hybridized carbons (Fsp3) is 1.00. The van der Waals surface area contributed by atoms with E-state index in [0.29, 0.717) is 0 Å². The summed E-state index contributed by atoms with van der Waals surface area (Å²) in [4.78, 5) is 0. The molecule has 4 unspecified atom stereocenters. The van der Waals surface area contributed by atoms with Crippen molar-refractivity contribution in [2.24, 2.45) is 22.2 Å². The first kappa shape index (κ1) is 6.51. The number of fused-ring (bicyclic) bond motifs is 3. The predicted octanol–water partition coefficient (Wildman–Crippen LogP) is 3.22. The summed E-state index contributed by atoms with van der Waals surface area (Å²) in [5.41, 5.74) is 2.31. The average Bonchev–Trinajstić information content (AvgIpc) is 2.54. The molecule has 3 aliphatic rings. The molecule has 0 aromatic rings. The molecule has 0 aromatic carbocycles. The van der Waals surface area contributed by atoms with Crippen LogP contribution in [0.4, 0.5) is 0 Å². The van der Waals surface area contributed by atoms with Gasteiger partial charge < -0.3 is 0 Å². The van der Waals surface area contributed by atoms with Crippen LogP contribution in [0.3, 0.4) is 0 Å². The normalized spacial score (nSPS) is 71.7. The van der Waals surface area contributed by atoms with E-state index in [-0.39, 0.29) is 0 Å². The van der Waals surface area contributed by atoms with Crippen LogP contribution in [0.1, 0.15) is 46.5 Å². The van der Waals surface area contributed by atoms with Gasteiger partial charge in [-0.2, -0.15) is 0 Å². The van der Waals surface area contributed by atoms with Crippen molar-refractivity contribution in [2.75, 3.05) is 0 Å². The summed E-state index contributed by atoms with van der Waals surface area (Å²) in [6.45, 7) is 7.57. The Hall–Kier alpha value is 0. The van der Waals surface area contributed by atoms with Crippen molar-refractivity contribution in [3.05, 3.63) is 0 Å². The fourth-order valence-corrected chi connectivity index (χ4v) is 4.32. The topological polar surface area (TPSA) is 0 Å². The zero-order valence-corrected chi connectivity index (χ0v) is 7.91. The fourth-order valence-electron chi connectivity index (χ4n) is 4.32. The minimum absolute atomic E-state index is 0.755. The van der Waals surface area contributed by atoms with Crippen molar-refractivity contribution in [3.8, 4) is 0 Å². The molecule has 3 rings (SSSR count). The Balaban J connectivity index is 2.05. The molecular formula is C11H18. The maximum absolute atomic E-state index is 2.54. The van der Waals surface area contributed by atoms with Crippen LogP contribution in [-0.4, -0.2) is 0 Å². The first-order chi connectivity index (χ1) is 5.00. The van der Waals surface area contributed by atoms with Crippen molar-refractivity contribution in [1.82, 2.24) is 0 Å². The van der Waals surface area contributed by atoms with E-state index in [2.05, 4.69) is 20.8 Å². The quantitative estimate of drug-likeness (QED) is 0.497. The standard InChI is InChI=1S/C11H18/c1-9-6-8(9)11(3)5-4-10(11,2)7-9/h8H,4-7H2,1-3H3. The van der Waals surface area contributed by atoms with Crippen LogP contribution in [0, 0.1) is 22.2 Å². The smallest absolute Gasteiger partial charge is 0.0238 e. The zero-order valence-electron chi connectivity index (χ0n) is 7.91. The minimum atomic E-state index is 0.755. The number of hydrogen-bond donors (Lipinski definition) is 0. The number of rotatable bonds is 0. The van der Waals surface area contributed by atoms with Crippen LogP contribution in [-0.2, 0) is 0 Å². The Bertz CT molecular complexity index is 232. The van der Waals surface area contributed by atoms with Crippen LogP contribution in [0.15, 0.2) is 0 Å². The van der Waals surface area contributed by atoms with Gasteiger partial charge in [0.25, 0.3) is 0 Å². The van der Waals surface area contributed by atoms with Crippen molar-refractivity contribution in [1.29, 1.82) is 0 Å². The molecule has 0 radical (unpaired) electrons. The van der Waals surface area contributed by atoms with Crippen LogP contribution < -0.4 is 0 Å². The summed E-state index contributed by atoms with van der Waals surface area (Å²) in [5, 5.41) is 0. The van der Waals surface area contributed by atoms with E-state index in [1.54, 1.807) is 6.42 Å². The van der Waals surface area contributed by atoms with Gasteiger partial charge in [-0.05, 0) is 47.8 Å². The van der Waals surface area contributed by atoms with Crippen LogP contribution >= 0.6 is 0 Å². The summed E-state index contributed by atoms with van der Waals surface area (Å²) < 4.78 is 0. The van der Waals surface area contributed by atoms with Gasteiger partial charge in [-0.25, -0.2) is 0 Å². The number of hydrogen-bond acceptors (Lipinski definition) is 0. The van der Waals surface area contributed by atoms with Gasteiger partial charge in [-0.15, -0.1) is 0 Å². The highest BCUT2D eigenvalue weighted by molar-refractivity contribution is 5.24. The van der Waals surface area contributed by atoms with Crippen LogP contribution in [0.25, 0.3) is 0 Å². The van der Waals surface area contributed by atoms with E-state index in [0.717, 1.165) is 22.2 Å². The van der Waals surface area contributed by atoms with Gasteiger partial charge in [0.15, 0.2) is 0 Å². The van der Waals surface area contributed by atoms with E-state index in [1.165, 1.54) is 19.3 Å². The maximum Gasteiger partial charge on any atom is -0.0238 e. The lowest BCUT2D eigenvalue weighted by Gasteiger charge is -2.54. The molecule has 0 amide bonds. The Kier molecular flexibility index (Phi) is 0.767. The third kappa shape index (κ3) is 0.467. The molecular weight excluding hydrogens is 132 g/mol. The monoisotopic (exact) mass is 150 g/mol. The third-order valence-corrected chi connectivity index (χ3v) is 5.49. The summed E-state index contributed by atoms with van der Waals surface area (Å²) in [6, 6.07) is 0. The second-order valence-corrected chi connectivity index (χ2v) is 6.07. The lowest BCUT2D eigenvalue weighted by Crippen LogP contribution is -2.45. The Morgan fingerprint density at radius 2 is 1.82 bits per heavy atom. The van der Waals surface area contributed by atoms with Gasteiger partial charge in [-0.3, -0.25) is 0 Å². The SMILES string of the molecule is CC12CC1C1(C)CCC1(C)C2. The molecule has 0 spiro atoms. The van der Waals surface area contributed by atoms with Gasteiger partial charge in [0, 0.05) is 0 Å². The Morgan fingerprint density at radius 3 is 2.09 bits per heavy atom. The lowest BCUT2D eigenvalue weighted by molar-refractivity contribution is -0.0441. The average molecular weight is 150 g/mol. The van der Waals surface area contributed by atoms with Crippen molar-refractivity contribution < 1.29 is 0 Å². The second kappa shape index (κ2) is 1.30. The van der Waals surface area contributed by atoms with Gasteiger partial charge >= 0.3 is 0 Å². The summed E-state index contributed by atoms with van der Waals surface area (Å²) in [6.07, 6.45) is 6.10. The molecule has 0 heterocycles. The summed E-state index contributed by atoms with van der Waals surface area (Å²) in [7, 11) is 0. The van der Waals surface area contributed by atoms with Crippen LogP contribution in [0.5, 0.6) is 0 Å². The highest BCUT2D eigenvalue weighted by Gasteiger charge is 2.75. The molecule has 3 saturated carbocycles. The molecule has 62 valence electrons. The molecule has 0 heteroatoms. The second-order valence-electron chi connectivity index (χ2n) is 6.07. The van der Waals surface area contributed by atoms with E-state index < -0.39 is 0 Å². The lowest BCUT2D eigenvalue weighted by atomic mass is 9.51. The highest BCUT2D eigenvalue weighted by Crippen LogP contribution is 2.83. The molecule has 0 nitrogen and oxygen atoms in total. The molecule has 0 N–H and O–H groups in total. The van der Waals surface area contributed by atoms with Gasteiger partial charge in [0.05, 0.1) is 0 Å². The minimum Gasteiger partial charge on any atom is -0.0593 e. The Morgan fingerprint density at radius 1 is 1.09 bits per heavy atom. The first-order valence-corrected chi connectivity index (χ1v) is 5.00. The summed E-state index contributed by atoms with van der Waals surface area (Å²) >= 11 is 0. The highest BCUT2D eigenvalue weighted by atomic mass is 14.8. The molecule has 11 heavy (non-hydrogen) atoms. The Labute approximate surface area is 69.4 Å². The van der Waals surface area contributed by atoms with E-state index >= 15 is 0 Å². The van der Waals surface area contributed by atoms with E-state index in [1.807, 2.05) is 0 Å². The van der Waals surface area contributed by atoms with Crippen molar-refractivity contribution >= 4 is 0 Å². The van der Waals surface area contributed by atoms with E-state index in [4.69, 9.17) is 0 Å². The molecule has 0 bridgehead atoms. The zero-order chi connectivity index (χ0) is 7.91. The first-order valence-electron chi connectivity index (χ1n) is 5.00. The molecule has 4 atom stereocenters. The van der Waals surface area contributed by atoms with Crippen molar-refractivity contribution in [3.63, 3.8) is 0 Å².